The highest BCUT2D eigenvalue weighted by Crippen LogP contribution is 2.16. The summed E-state index contributed by atoms with van der Waals surface area (Å²) in [6.07, 6.45) is 70.2. The van der Waals surface area contributed by atoms with Crippen LogP contribution in [0.1, 0.15) is 226 Å². The van der Waals surface area contributed by atoms with Gasteiger partial charge in [-0.1, -0.05) is 252 Å². The van der Waals surface area contributed by atoms with Crippen molar-refractivity contribution in [3.63, 3.8) is 0 Å². The second-order valence-corrected chi connectivity index (χ2v) is 17.7. The first-order valence-electron chi connectivity index (χ1n) is 26.7. The lowest BCUT2D eigenvalue weighted by molar-refractivity contribution is -0.150. The molecule has 1 amide bonds. The molecule has 0 bridgehead atoms. The van der Waals surface area contributed by atoms with Crippen molar-refractivity contribution in [1.82, 2.24) is 5.32 Å². The molecule has 0 saturated carbocycles. The largest absolute Gasteiger partial charge is 0.461 e. The van der Waals surface area contributed by atoms with Gasteiger partial charge in [0.15, 0.2) is 0 Å². The van der Waals surface area contributed by atoms with Crippen LogP contribution in [0.3, 0.4) is 0 Å². The number of allylic oxidation sites excluding steroid dienone is 17. The highest BCUT2D eigenvalue weighted by atomic mass is 16.5. The van der Waals surface area contributed by atoms with E-state index < -0.39 is 18.2 Å². The number of unbranched alkanes of at least 4 members (excludes halogenated alkanes) is 21. The van der Waals surface area contributed by atoms with E-state index in [1.54, 1.807) is 0 Å². The molecular formula is C59H99NO5. The lowest BCUT2D eigenvalue weighted by Crippen LogP contribution is -2.46. The van der Waals surface area contributed by atoms with E-state index in [0.717, 1.165) is 77.0 Å². The van der Waals surface area contributed by atoms with Gasteiger partial charge in [-0.3, -0.25) is 9.59 Å². The molecule has 0 fully saturated rings. The van der Waals surface area contributed by atoms with Crippen molar-refractivity contribution in [1.29, 1.82) is 0 Å². The molecule has 0 aromatic carbocycles. The van der Waals surface area contributed by atoms with E-state index in [-0.39, 0.29) is 24.9 Å². The van der Waals surface area contributed by atoms with Crippen molar-refractivity contribution >= 4 is 11.9 Å². The third-order valence-corrected chi connectivity index (χ3v) is 11.5. The highest BCUT2D eigenvalue weighted by Gasteiger charge is 2.23. The molecule has 3 atom stereocenters. The van der Waals surface area contributed by atoms with Crippen molar-refractivity contribution < 1.29 is 24.5 Å². The van der Waals surface area contributed by atoms with Gasteiger partial charge in [0.2, 0.25) is 5.91 Å². The summed E-state index contributed by atoms with van der Waals surface area (Å²) < 4.78 is 5.85. The van der Waals surface area contributed by atoms with Gasteiger partial charge in [-0.05, 0) is 64.2 Å². The Labute approximate surface area is 400 Å². The van der Waals surface area contributed by atoms with Crippen LogP contribution in [0.15, 0.2) is 109 Å². The molecule has 0 heterocycles. The number of nitrogens with one attached hydrogen (secondary N) is 1. The summed E-state index contributed by atoms with van der Waals surface area (Å²) in [6.45, 7) is 6.28. The number of hydrogen-bond acceptors (Lipinski definition) is 5. The summed E-state index contributed by atoms with van der Waals surface area (Å²) in [7, 11) is 0. The van der Waals surface area contributed by atoms with Gasteiger partial charge in [-0.15, -0.1) is 0 Å². The average Bonchev–Trinajstić information content (AvgIpc) is 3.30. The zero-order valence-electron chi connectivity index (χ0n) is 42.1. The first-order chi connectivity index (χ1) is 32.0. The summed E-state index contributed by atoms with van der Waals surface area (Å²) >= 11 is 0. The molecule has 0 aliphatic carbocycles. The van der Waals surface area contributed by atoms with Crippen LogP contribution in [0.5, 0.6) is 0 Å². The molecule has 0 aromatic heterocycles. The third-order valence-electron chi connectivity index (χ3n) is 11.5. The number of esters is 1. The van der Waals surface area contributed by atoms with Gasteiger partial charge in [-0.2, -0.15) is 0 Å². The lowest BCUT2D eigenvalue weighted by Gasteiger charge is -2.24. The van der Waals surface area contributed by atoms with Crippen molar-refractivity contribution in [3.8, 4) is 0 Å². The van der Waals surface area contributed by atoms with Crippen LogP contribution in [0.25, 0.3) is 0 Å². The Bertz CT molecular complexity index is 1330. The van der Waals surface area contributed by atoms with Crippen LogP contribution in [0, 0.1) is 0 Å². The van der Waals surface area contributed by atoms with E-state index in [4.69, 9.17) is 4.74 Å². The maximum Gasteiger partial charge on any atom is 0.306 e. The van der Waals surface area contributed by atoms with Gasteiger partial charge in [-0.25, -0.2) is 0 Å². The molecule has 3 unspecified atom stereocenters. The Morgan fingerprint density at radius 3 is 1.46 bits per heavy atom. The normalized spacial score (nSPS) is 14.1. The molecule has 0 aromatic rings. The van der Waals surface area contributed by atoms with Gasteiger partial charge < -0.3 is 20.3 Å². The summed E-state index contributed by atoms with van der Waals surface area (Å²) in [4.78, 5) is 26.1. The Morgan fingerprint density at radius 1 is 0.492 bits per heavy atom. The number of ether oxygens (including phenoxy) is 1. The minimum atomic E-state index is -0.826. The summed E-state index contributed by atoms with van der Waals surface area (Å²) in [6, 6.07) is -0.747. The highest BCUT2D eigenvalue weighted by molar-refractivity contribution is 5.77. The fourth-order valence-corrected chi connectivity index (χ4v) is 7.43. The first kappa shape index (κ1) is 61.5. The number of hydrogen-bond donors (Lipinski definition) is 3. The number of carbonyl (C=O) groups excluding carboxylic acids is 2. The van der Waals surface area contributed by atoms with E-state index in [1.807, 2.05) is 60.8 Å². The molecule has 0 spiro atoms. The molecule has 370 valence electrons. The summed E-state index contributed by atoms with van der Waals surface area (Å²) in [5.41, 5.74) is 0. The second-order valence-electron chi connectivity index (χ2n) is 17.7. The van der Waals surface area contributed by atoms with Crippen LogP contribution >= 0.6 is 0 Å². The van der Waals surface area contributed by atoms with E-state index in [1.165, 1.54) is 103 Å². The summed E-state index contributed by atoms with van der Waals surface area (Å²) in [5, 5.41) is 23.8. The molecule has 3 N–H and O–H groups in total. The SMILES string of the molecule is CC/C=C/C=C/C=C\C=C/C=C/CCCCCC(=O)OC(C/C=C\C/C=C\C/C=C\C/C=C\CCCCC)CC(=O)NC(CO)C(O)CCCCCCCCCCCCCCCCCC. The fourth-order valence-electron chi connectivity index (χ4n) is 7.43. The van der Waals surface area contributed by atoms with Crippen LogP contribution < -0.4 is 5.32 Å². The van der Waals surface area contributed by atoms with Crippen LogP contribution in [0.4, 0.5) is 0 Å². The standard InChI is InChI=1S/C59H99NO5/c1-4-7-10-13-16-19-22-25-28-31-33-36-39-42-45-48-51-57(62)56(54-61)60-58(63)53-55(50-47-44-41-38-35-32-29-26-23-20-17-14-11-8-5-2)65-59(64)52-49-46-43-40-37-34-30-27-24-21-18-15-12-9-6-3/h9,12,15,17-18,20-21,24,26-27,29-30,34-35,37-38,44,47,55-57,61-62H,4-8,10-11,13-14,16,19,22-23,25,28,31-33,36,39-43,45-46,48-54H2,1-3H3,(H,60,63)/b12-9+,18-15+,20-17-,24-21-,29-26-,30-27-,37-34+,38-35-,47-44-. The number of aliphatic hydroxyl groups excluding tert-OH is 2. The number of carbonyl (C=O) groups is 2. The molecule has 65 heavy (non-hydrogen) atoms. The number of aliphatic hydroxyl groups is 2. The van der Waals surface area contributed by atoms with Crippen molar-refractivity contribution in [2.45, 2.75) is 244 Å². The Morgan fingerprint density at radius 2 is 0.923 bits per heavy atom. The lowest BCUT2D eigenvalue weighted by atomic mass is 10.0. The quantitative estimate of drug-likeness (QED) is 0.0245. The molecule has 0 radical (unpaired) electrons. The summed E-state index contributed by atoms with van der Waals surface area (Å²) in [5.74, 6) is -0.633. The Kier molecular flexibility index (Phi) is 48.7. The second kappa shape index (κ2) is 51.5. The van der Waals surface area contributed by atoms with Crippen LogP contribution in [-0.2, 0) is 14.3 Å². The zero-order chi connectivity index (χ0) is 47.4. The number of rotatable bonds is 46. The van der Waals surface area contributed by atoms with Crippen molar-refractivity contribution in [2.24, 2.45) is 0 Å². The van der Waals surface area contributed by atoms with E-state index in [9.17, 15) is 19.8 Å². The fraction of sp³-hybridized carbons (Fsp3) is 0.661. The van der Waals surface area contributed by atoms with E-state index >= 15 is 0 Å². The van der Waals surface area contributed by atoms with E-state index in [2.05, 4.69) is 74.7 Å². The Balaban J connectivity index is 4.77. The van der Waals surface area contributed by atoms with Gasteiger partial charge in [0, 0.05) is 12.8 Å². The molecule has 6 heteroatoms. The predicted molar refractivity (Wildman–Crippen MR) is 282 cm³/mol. The predicted octanol–water partition coefficient (Wildman–Crippen LogP) is 16.3. The van der Waals surface area contributed by atoms with E-state index in [0.29, 0.717) is 19.3 Å². The monoisotopic (exact) mass is 902 g/mol. The van der Waals surface area contributed by atoms with Gasteiger partial charge in [0.05, 0.1) is 25.2 Å². The van der Waals surface area contributed by atoms with Crippen LogP contribution in [-0.4, -0.2) is 46.9 Å². The molecule has 0 aliphatic rings. The molecule has 0 saturated heterocycles. The zero-order valence-corrected chi connectivity index (χ0v) is 42.1. The molecule has 0 aliphatic heterocycles. The maximum absolute atomic E-state index is 13.2. The molecular weight excluding hydrogens is 803 g/mol. The maximum atomic E-state index is 13.2. The Hall–Kier alpha value is -3.48. The average molecular weight is 902 g/mol. The van der Waals surface area contributed by atoms with Crippen molar-refractivity contribution in [3.05, 3.63) is 109 Å². The smallest absolute Gasteiger partial charge is 0.306 e. The van der Waals surface area contributed by atoms with Gasteiger partial charge >= 0.3 is 5.97 Å². The molecule has 6 nitrogen and oxygen atoms in total. The van der Waals surface area contributed by atoms with Crippen molar-refractivity contribution in [2.75, 3.05) is 6.61 Å². The third kappa shape index (κ3) is 46.8. The minimum absolute atomic E-state index is 0.0221. The first-order valence-corrected chi connectivity index (χ1v) is 26.7. The van der Waals surface area contributed by atoms with Gasteiger partial charge in [0.1, 0.15) is 6.10 Å². The van der Waals surface area contributed by atoms with Crippen LogP contribution in [0.2, 0.25) is 0 Å². The van der Waals surface area contributed by atoms with Gasteiger partial charge in [0.25, 0.3) is 0 Å². The molecule has 0 rings (SSSR count). The minimum Gasteiger partial charge on any atom is -0.461 e. The number of amides is 1. The topological polar surface area (TPSA) is 95.9 Å².